The summed E-state index contributed by atoms with van der Waals surface area (Å²) in [5, 5.41) is 6.82. The Morgan fingerprint density at radius 1 is 1.30 bits per heavy atom. The number of carbonyl (C=O) groups excluding carboxylic acids is 2. The molecule has 0 aliphatic carbocycles. The minimum Gasteiger partial charge on any atom is -0.272 e. The van der Waals surface area contributed by atoms with E-state index in [1.807, 2.05) is 0 Å². The molecule has 0 unspecified atom stereocenters. The zero-order chi connectivity index (χ0) is 14.4. The summed E-state index contributed by atoms with van der Waals surface area (Å²) in [6.45, 7) is 0. The molecule has 0 bridgehead atoms. The number of rotatable bonds is 4. The van der Waals surface area contributed by atoms with Crippen LogP contribution in [-0.2, 0) is 4.79 Å². The summed E-state index contributed by atoms with van der Waals surface area (Å²) < 4.78 is 0.655. The fraction of sp³-hybridized carbons (Fsp3) is 0.0909. The SMILES string of the molecule is O=C(CSc1ncn[nH]1)NNC(=O)c1ccccc1Br. The first-order valence-electron chi connectivity index (χ1n) is 5.48. The molecule has 0 aliphatic rings. The number of halogens is 1. The zero-order valence-corrected chi connectivity index (χ0v) is 12.5. The lowest BCUT2D eigenvalue weighted by molar-refractivity contribution is -0.119. The van der Waals surface area contributed by atoms with Crippen LogP contribution in [-0.4, -0.2) is 32.7 Å². The van der Waals surface area contributed by atoms with E-state index in [9.17, 15) is 9.59 Å². The van der Waals surface area contributed by atoms with E-state index >= 15 is 0 Å². The van der Waals surface area contributed by atoms with Crippen molar-refractivity contribution in [3.8, 4) is 0 Å². The molecule has 0 saturated heterocycles. The zero-order valence-electron chi connectivity index (χ0n) is 10.1. The molecule has 0 saturated carbocycles. The van der Waals surface area contributed by atoms with E-state index in [4.69, 9.17) is 0 Å². The van der Waals surface area contributed by atoms with Crippen molar-refractivity contribution in [2.45, 2.75) is 5.16 Å². The molecule has 3 N–H and O–H groups in total. The highest BCUT2D eigenvalue weighted by Gasteiger charge is 2.10. The quantitative estimate of drug-likeness (QED) is 0.563. The average Bonchev–Trinajstić information content (AvgIpc) is 2.96. The molecule has 7 nitrogen and oxygen atoms in total. The topological polar surface area (TPSA) is 99.8 Å². The Balaban J connectivity index is 1.78. The molecular formula is C11H10BrN5O2S. The molecule has 2 rings (SSSR count). The molecule has 0 atom stereocenters. The first-order valence-corrected chi connectivity index (χ1v) is 7.26. The second-order valence-electron chi connectivity index (χ2n) is 3.56. The van der Waals surface area contributed by atoms with Gasteiger partial charge in [0.15, 0.2) is 5.16 Å². The molecule has 1 aromatic carbocycles. The van der Waals surface area contributed by atoms with Gasteiger partial charge in [0.1, 0.15) is 6.33 Å². The number of hydrazine groups is 1. The summed E-state index contributed by atoms with van der Waals surface area (Å²) in [5.74, 6) is -0.617. The number of benzene rings is 1. The Morgan fingerprint density at radius 2 is 2.10 bits per heavy atom. The van der Waals surface area contributed by atoms with Crippen LogP contribution in [0.3, 0.4) is 0 Å². The van der Waals surface area contributed by atoms with Crippen molar-refractivity contribution in [3.05, 3.63) is 40.6 Å². The molecule has 1 heterocycles. The number of aromatic amines is 1. The maximum atomic E-state index is 11.8. The number of thioether (sulfide) groups is 1. The van der Waals surface area contributed by atoms with Crippen molar-refractivity contribution >= 4 is 39.5 Å². The number of hydrogen-bond donors (Lipinski definition) is 3. The molecule has 2 aromatic rings. The van der Waals surface area contributed by atoms with E-state index in [1.54, 1.807) is 24.3 Å². The van der Waals surface area contributed by atoms with E-state index in [0.29, 0.717) is 15.2 Å². The average molecular weight is 356 g/mol. The number of H-pyrrole nitrogens is 1. The van der Waals surface area contributed by atoms with E-state index in [-0.39, 0.29) is 11.7 Å². The highest BCUT2D eigenvalue weighted by atomic mass is 79.9. The van der Waals surface area contributed by atoms with Crippen LogP contribution in [0.25, 0.3) is 0 Å². The van der Waals surface area contributed by atoms with Gasteiger partial charge in [0.25, 0.3) is 5.91 Å². The Labute approximate surface area is 127 Å². The van der Waals surface area contributed by atoms with Gasteiger partial charge >= 0.3 is 0 Å². The molecule has 0 fully saturated rings. The predicted molar refractivity (Wildman–Crippen MR) is 76.9 cm³/mol. The highest BCUT2D eigenvalue weighted by Crippen LogP contribution is 2.15. The Kier molecular flexibility index (Phi) is 5.13. The largest absolute Gasteiger partial charge is 0.272 e. The lowest BCUT2D eigenvalue weighted by atomic mass is 10.2. The predicted octanol–water partition coefficient (Wildman–Crippen LogP) is 1.12. The molecule has 0 spiro atoms. The van der Waals surface area contributed by atoms with Crippen molar-refractivity contribution < 1.29 is 9.59 Å². The van der Waals surface area contributed by atoms with E-state index in [2.05, 4.69) is 42.0 Å². The van der Waals surface area contributed by atoms with Gasteiger partial charge in [-0.25, -0.2) is 4.98 Å². The molecule has 104 valence electrons. The number of hydrogen-bond acceptors (Lipinski definition) is 5. The molecule has 0 radical (unpaired) electrons. The summed E-state index contributed by atoms with van der Waals surface area (Å²) in [7, 11) is 0. The Hall–Kier alpha value is -1.87. The van der Waals surface area contributed by atoms with Gasteiger partial charge in [-0.15, -0.1) is 0 Å². The molecule has 2 amide bonds. The maximum absolute atomic E-state index is 11.8. The standard InChI is InChI=1S/C11H10BrN5O2S/c12-8-4-2-1-3-7(8)10(19)16-15-9(18)5-20-11-13-6-14-17-11/h1-4,6H,5H2,(H,15,18)(H,16,19)(H,13,14,17). The van der Waals surface area contributed by atoms with Crippen molar-refractivity contribution in [3.63, 3.8) is 0 Å². The van der Waals surface area contributed by atoms with Crippen LogP contribution in [0.2, 0.25) is 0 Å². The third-order valence-electron chi connectivity index (χ3n) is 2.17. The van der Waals surface area contributed by atoms with Gasteiger partial charge in [-0.2, -0.15) is 5.10 Å². The molecular weight excluding hydrogens is 346 g/mol. The smallest absolute Gasteiger partial charge is 0.270 e. The van der Waals surface area contributed by atoms with Gasteiger partial charge in [0.05, 0.1) is 11.3 Å². The van der Waals surface area contributed by atoms with Gasteiger partial charge in [0, 0.05) is 4.47 Å². The number of amides is 2. The lowest BCUT2D eigenvalue weighted by Gasteiger charge is -2.07. The maximum Gasteiger partial charge on any atom is 0.270 e. The van der Waals surface area contributed by atoms with Gasteiger partial charge < -0.3 is 0 Å². The molecule has 20 heavy (non-hydrogen) atoms. The van der Waals surface area contributed by atoms with Crippen molar-refractivity contribution in [2.24, 2.45) is 0 Å². The van der Waals surface area contributed by atoms with Crippen LogP contribution in [0.4, 0.5) is 0 Å². The monoisotopic (exact) mass is 355 g/mol. The van der Waals surface area contributed by atoms with Crippen molar-refractivity contribution in [1.29, 1.82) is 0 Å². The molecule has 0 aliphatic heterocycles. The van der Waals surface area contributed by atoms with Crippen LogP contribution < -0.4 is 10.9 Å². The molecule has 1 aromatic heterocycles. The van der Waals surface area contributed by atoms with Crippen LogP contribution in [0.1, 0.15) is 10.4 Å². The van der Waals surface area contributed by atoms with Gasteiger partial charge in [-0.1, -0.05) is 23.9 Å². The number of aromatic nitrogens is 3. The van der Waals surface area contributed by atoms with Crippen molar-refractivity contribution in [1.82, 2.24) is 26.0 Å². The number of carbonyl (C=O) groups is 2. The second-order valence-corrected chi connectivity index (χ2v) is 5.38. The van der Waals surface area contributed by atoms with E-state index in [0.717, 1.165) is 0 Å². The minimum atomic E-state index is -0.393. The first kappa shape index (κ1) is 14.5. The molecule has 9 heteroatoms. The van der Waals surface area contributed by atoms with E-state index < -0.39 is 5.91 Å². The minimum absolute atomic E-state index is 0.117. The fourth-order valence-corrected chi connectivity index (χ4v) is 2.32. The summed E-state index contributed by atoms with van der Waals surface area (Å²) in [5.41, 5.74) is 5.11. The van der Waals surface area contributed by atoms with Crippen LogP contribution in [0, 0.1) is 0 Å². The summed E-state index contributed by atoms with van der Waals surface area (Å²) in [4.78, 5) is 27.2. The summed E-state index contributed by atoms with van der Waals surface area (Å²) >= 11 is 4.45. The van der Waals surface area contributed by atoms with Gasteiger partial charge in [-0.05, 0) is 28.1 Å². The number of nitrogens with one attached hydrogen (secondary N) is 3. The van der Waals surface area contributed by atoms with Crippen LogP contribution in [0.15, 0.2) is 40.2 Å². The third-order valence-corrected chi connectivity index (χ3v) is 3.73. The first-order chi connectivity index (χ1) is 9.66. The normalized spacial score (nSPS) is 10.1. The Bertz CT molecular complexity index is 605. The van der Waals surface area contributed by atoms with Crippen molar-refractivity contribution in [2.75, 3.05) is 5.75 Å². The highest BCUT2D eigenvalue weighted by molar-refractivity contribution is 9.10. The lowest BCUT2D eigenvalue weighted by Crippen LogP contribution is -2.42. The van der Waals surface area contributed by atoms with Crippen LogP contribution >= 0.6 is 27.7 Å². The van der Waals surface area contributed by atoms with Gasteiger partial charge in [0.2, 0.25) is 5.91 Å². The fourth-order valence-electron chi connectivity index (χ4n) is 1.27. The van der Waals surface area contributed by atoms with Crippen LogP contribution in [0.5, 0.6) is 0 Å². The summed E-state index contributed by atoms with van der Waals surface area (Å²) in [6, 6.07) is 6.93. The third kappa shape index (κ3) is 4.07. The summed E-state index contributed by atoms with van der Waals surface area (Å²) in [6.07, 6.45) is 1.36. The number of nitrogens with zero attached hydrogens (tertiary/aromatic N) is 2. The Morgan fingerprint density at radius 3 is 2.80 bits per heavy atom. The van der Waals surface area contributed by atoms with E-state index in [1.165, 1.54) is 18.1 Å². The second kappa shape index (κ2) is 7.06. The van der Waals surface area contributed by atoms with Gasteiger partial charge in [-0.3, -0.25) is 25.5 Å².